The number of fused-ring (bicyclic) bond motifs is 2. The Bertz CT molecular complexity index is 1480. The van der Waals surface area contributed by atoms with Crippen LogP contribution < -0.4 is 10.0 Å². The molecule has 0 aromatic heterocycles. The molecule has 11 heteroatoms. The molecular formula is C28H29N3O7S. The van der Waals surface area contributed by atoms with Crippen molar-refractivity contribution in [1.29, 1.82) is 0 Å². The zero-order valence-electron chi connectivity index (χ0n) is 21.5. The van der Waals surface area contributed by atoms with Gasteiger partial charge in [-0.25, -0.2) is 13.1 Å². The van der Waals surface area contributed by atoms with Crippen molar-refractivity contribution >= 4 is 44.5 Å². The molecule has 0 saturated heterocycles. The number of imide groups is 1. The Labute approximate surface area is 226 Å². The highest BCUT2D eigenvalue weighted by Gasteiger charge is 2.37. The number of hydrogen-bond acceptors (Lipinski definition) is 7. The number of nitrogens with zero attached hydrogens (tertiary/aromatic N) is 1. The fourth-order valence-electron chi connectivity index (χ4n) is 4.54. The summed E-state index contributed by atoms with van der Waals surface area (Å²) >= 11 is 0. The van der Waals surface area contributed by atoms with Crippen molar-refractivity contribution in [3.63, 3.8) is 0 Å². The molecular weight excluding hydrogens is 522 g/mol. The minimum Gasteiger partial charge on any atom is -0.480 e. The molecule has 3 N–H and O–H groups in total. The molecule has 0 bridgehead atoms. The van der Waals surface area contributed by atoms with E-state index in [2.05, 4.69) is 5.32 Å². The van der Waals surface area contributed by atoms with E-state index in [0.717, 1.165) is 15.7 Å². The summed E-state index contributed by atoms with van der Waals surface area (Å²) in [6.45, 7) is 3.42. The van der Waals surface area contributed by atoms with Gasteiger partial charge in [-0.1, -0.05) is 56.3 Å². The third kappa shape index (κ3) is 6.15. The molecule has 1 aliphatic rings. The summed E-state index contributed by atoms with van der Waals surface area (Å²) in [5.74, 6) is -3.31. The number of carbonyl (C=O) groups excluding carboxylic acids is 3. The molecule has 3 aromatic carbocycles. The molecule has 0 radical (unpaired) electrons. The second-order valence-corrected chi connectivity index (χ2v) is 11.5. The van der Waals surface area contributed by atoms with Crippen LogP contribution in [0.1, 0.15) is 47.4 Å². The molecule has 204 valence electrons. The van der Waals surface area contributed by atoms with E-state index in [4.69, 9.17) is 0 Å². The van der Waals surface area contributed by atoms with Gasteiger partial charge in [0, 0.05) is 6.54 Å². The molecule has 39 heavy (non-hydrogen) atoms. The summed E-state index contributed by atoms with van der Waals surface area (Å²) in [7, 11) is -4.17. The predicted molar refractivity (Wildman–Crippen MR) is 144 cm³/mol. The average Bonchev–Trinajstić information content (AvgIpc) is 3.12. The normalized spacial score (nSPS) is 14.9. The number of hydrogen-bond donors (Lipinski definition) is 3. The molecule has 0 aliphatic carbocycles. The number of nitrogens with one attached hydrogen (secondary N) is 2. The molecule has 1 aliphatic heterocycles. The summed E-state index contributed by atoms with van der Waals surface area (Å²) in [4.78, 5) is 52.0. The largest absolute Gasteiger partial charge is 0.480 e. The first-order valence-corrected chi connectivity index (χ1v) is 14.0. The van der Waals surface area contributed by atoms with Crippen LogP contribution in [0.15, 0.2) is 71.6 Å². The van der Waals surface area contributed by atoms with Gasteiger partial charge in [0.15, 0.2) is 0 Å². The van der Waals surface area contributed by atoms with Gasteiger partial charge in [-0.15, -0.1) is 0 Å². The van der Waals surface area contributed by atoms with Gasteiger partial charge in [-0.2, -0.15) is 0 Å². The highest BCUT2D eigenvalue weighted by Crippen LogP contribution is 2.28. The SMILES string of the molecule is CC(C)C[C@@H](NC(CCN1C(=O)c2cc3ccccc3cc2C1=O)C(=O)O)C(=O)NS(=O)(=O)c1ccccc1. The van der Waals surface area contributed by atoms with Crippen LogP contribution >= 0.6 is 0 Å². The smallest absolute Gasteiger partial charge is 0.320 e. The van der Waals surface area contributed by atoms with Crippen molar-refractivity contribution in [2.24, 2.45) is 5.92 Å². The number of sulfonamides is 1. The fraction of sp³-hybridized carbons (Fsp3) is 0.286. The third-order valence-electron chi connectivity index (χ3n) is 6.49. The van der Waals surface area contributed by atoms with Crippen LogP contribution in [-0.2, 0) is 19.6 Å². The second-order valence-electron chi connectivity index (χ2n) is 9.82. The molecule has 2 atom stereocenters. The summed E-state index contributed by atoms with van der Waals surface area (Å²) in [6.07, 6.45) is -0.0346. The Morgan fingerprint density at radius 3 is 1.92 bits per heavy atom. The molecule has 1 heterocycles. The van der Waals surface area contributed by atoms with E-state index in [1.807, 2.05) is 42.8 Å². The standard InChI is InChI=1S/C28H29N3O7S/c1-17(2)14-24(25(32)30-39(37,38)20-10-4-3-5-11-20)29-23(28(35)36)12-13-31-26(33)21-15-18-8-6-7-9-19(18)16-22(21)27(31)34/h3-11,15-17,23-24,29H,12-14H2,1-2H3,(H,30,32)(H,35,36)/t23?,24-/m1/s1. The van der Waals surface area contributed by atoms with Crippen LogP contribution in [0.2, 0.25) is 0 Å². The molecule has 4 rings (SSSR count). The van der Waals surface area contributed by atoms with Crippen molar-refractivity contribution in [3.8, 4) is 0 Å². The van der Waals surface area contributed by atoms with Gasteiger partial charge >= 0.3 is 5.97 Å². The summed E-state index contributed by atoms with van der Waals surface area (Å²) in [5, 5.41) is 14.2. The van der Waals surface area contributed by atoms with Crippen LogP contribution in [0.25, 0.3) is 10.8 Å². The van der Waals surface area contributed by atoms with Gasteiger partial charge in [-0.05, 0) is 53.8 Å². The zero-order valence-corrected chi connectivity index (χ0v) is 22.3. The van der Waals surface area contributed by atoms with E-state index in [9.17, 15) is 32.7 Å². The molecule has 3 amide bonds. The maximum absolute atomic E-state index is 13.0. The number of carboxylic acid groups (broad SMARTS) is 1. The van der Waals surface area contributed by atoms with Crippen molar-refractivity contribution < 1.29 is 32.7 Å². The van der Waals surface area contributed by atoms with Gasteiger partial charge in [0.2, 0.25) is 0 Å². The number of carboxylic acids is 1. The van der Waals surface area contributed by atoms with Crippen LogP contribution in [0, 0.1) is 5.92 Å². The van der Waals surface area contributed by atoms with Crippen LogP contribution in [-0.4, -0.2) is 60.7 Å². The third-order valence-corrected chi connectivity index (χ3v) is 7.85. The Balaban J connectivity index is 1.48. The molecule has 1 unspecified atom stereocenters. The Morgan fingerprint density at radius 2 is 1.41 bits per heavy atom. The lowest BCUT2D eigenvalue weighted by atomic mass is 10.0. The van der Waals surface area contributed by atoms with Crippen molar-refractivity contribution in [2.45, 2.75) is 43.7 Å². The Hall–Kier alpha value is -4.09. The topological polar surface area (TPSA) is 150 Å². The van der Waals surface area contributed by atoms with Crippen molar-refractivity contribution in [1.82, 2.24) is 14.9 Å². The lowest BCUT2D eigenvalue weighted by Crippen LogP contribution is -2.53. The van der Waals surface area contributed by atoms with E-state index in [0.29, 0.717) is 0 Å². The summed E-state index contributed by atoms with van der Waals surface area (Å²) in [6, 6.07) is 15.5. The highest BCUT2D eigenvalue weighted by atomic mass is 32.2. The lowest BCUT2D eigenvalue weighted by Gasteiger charge is -2.25. The van der Waals surface area contributed by atoms with Gasteiger partial charge in [0.05, 0.1) is 22.1 Å². The zero-order chi connectivity index (χ0) is 28.3. The van der Waals surface area contributed by atoms with E-state index in [1.54, 1.807) is 18.2 Å². The number of rotatable bonds is 11. The van der Waals surface area contributed by atoms with Crippen LogP contribution in [0.3, 0.4) is 0 Å². The molecule has 3 aromatic rings. The van der Waals surface area contributed by atoms with Crippen molar-refractivity contribution in [2.75, 3.05) is 6.54 Å². The molecule has 0 spiro atoms. The summed E-state index contributed by atoms with van der Waals surface area (Å²) < 4.78 is 27.3. The molecule has 0 fully saturated rings. The van der Waals surface area contributed by atoms with Gasteiger partial charge in [-0.3, -0.25) is 29.4 Å². The predicted octanol–water partition coefficient (Wildman–Crippen LogP) is 2.79. The first-order chi connectivity index (χ1) is 18.5. The van der Waals surface area contributed by atoms with Crippen LogP contribution in [0.4, 0.5) is 0 Å². The quantitative estimate of drug-likeness (QED) is 0.308. The average molecular weight is 552 g/mol. The van der Waals surface area contributed by atoms with E-state index >= 15 is 0 Å². The van der Waals surface area contributed by atoms with E-state index in [1.165, 1.54) is 24.3 Å². The maximum atomic E-state index is 13.0. The highest BCUT2D eigenvalue weighted by molar-refractivity contribution is 7.90. The van der Waals surface area contributed by atoms with Gasteiger partial charge in [0.1, 0.15) is 6.04 Å². The summed E-state index contributed by atoms with van der Waals surface area (Å²) in [5.41, 5.74) is 0.503. The minimum atomic E-state index is -4.17. The van der Waals surface area contributed by atoms with E-state index < -0.39 is 45.8 Å². The van der Waals surface area contributed by atoms with Crippen LogP contribution in [0.5, 0.6) is 0 Å². The Kier molecular flexibility index (Phi) is 8.12. The molecule has 0 saturated carbocycles. The van der Waals surface area contributed by atoms with E-state index in [-0.39, 0.29) is 41.3 Å². The van der Waals surface area contributed by atoms with Gasteiger partial charge in [0.25, 0.3) is 27.7 Å². The minimum absolute atomic E-state index is 0.0764. The second kappa shape index (κ2) is 11.3. The van der Waals surface area contributed by atoms with Crippen molar-refractivity contribution in [3.05, 3.63) is 77.9 Å². The fourth-order valence-corrected chi connectivity index (χ4v) is 5.58. The lowest BCUT2D eigenvalue weighted by molar-refractivity contribution is -0.140. The first kappa shape index (κ1) is 27.9. The number of aliphatic carboxylic acids is 1. The van der Waals surface area contributed by atoms with Gasteiger partial charge < -0.3 is 5.11 Å². The molecule has 10 nitrogen and oxygen atoms in total. The maximum Gasteiger partial charge on any atom is 0.320 e. The monoisotopic (exact) mass is 551 g/mol. The number of amides is 3. The Morgan fingerprint density at radius 1 is 0.872 bits per heavy atom. The number of benzene rings is 3. The first-order valence-electron chi connectivity index (χ1n) is 12.5. The number of carbonyl (C=O) groups is 4.